The first kappa shape index (κ1) is 9.00. The van der Waals surface area contributed by atoms with Crippen LogP contribution in [-0.2, 0) is 4.79 Å². The fourth-order valence-electron chi connectivity index (χ4n) is 2.61. The van der Waals surface area contributed by atoms with E-state index in [9.17, 15) is 4.79 Å². The molecule has 1 amide bonds. The third kappa shape index (κ3) is 1.70. The van der Waals surface area contributed by atoms with Crippen LogP contribution in [0.5, 0.6) is 0 Å². The van der Waals surface area contributed by atoms with Crippen molar-refractivity contribution in [3.05, 3.63) is 0 Å². The molecule has 0 unspecified atom stereocenters. The Kier molecular flexibility index (Phi) is 2.28. The Morgan fingerprint density at radius 2 is 2.08 bits per heavy atom. The van der Waals surface area contributed by atoms with Gasteiger partial charge in [0, 0.05) is 12.0 Å². The molecule has 1 aliphatic carbocycles. The average molecular weight is 182 g/mol. The molecule has 1 saturated heterocycles. The van der Waals surface area contributed by atoms with Gasteiger partial charge in [-0.15, -0.1) is 0 Å². The van der Waals surface area contributed by atoms with Crippen molar-refractivity contribution in [2.24, 2.45) is 11.7 Å². The van der Waals surface area contributed by atoms with Crippen LogP contribution in [0.3, 0.4) is 0 Å². The summed E-state index contributed by atoms with van der Waals surface area (Å²) in [5.41, 5.74) is 5.80. The number of hydrogen-bond acceptors (Lipinski definition) is 2. The smallest absolute Gasteiger partial charge is 0.220 e. The summed E-state index contributed by atoms with van der Waals surface area (Å²) in [4.78, 5) is 11.1. The second-order valence-corrected chi connectivity index (χ2v) is 4.51. The molecule has 13 heavy (non-hydrogen) atoms. The highest BCUT2D eigenvalue weighted by Gasteiger charge is 2.40. The van der Waals surface area contributed by atoms with Gasteiger partial charge < -0.3 is 11.1 Å². The number of rotatable bonds is 1. The van der Waals surface area contributed by atoms with E-state index in [1.807, 2.05) is 0 Å². The maximum Gasteiger partial charge on any atom is 0.220 e. The molecular weight excluding hydrogens is 164 g/mol. The highest BCUT2D eigenvalue weighted by molar-refractivity contribution is 5.79. The van der Waals surface area contributed by atoms with Crippen molar-refractivity contribution in [3.63, 3.8) is 0 Å². The van der Waals surface area contributed by atoms with Gasteiger partial charge in [-0.2, -0.15) is 0 Å². The summed E-state index contributed by atoms with van der Waals surface area (Å²) in [5, 5.41) is 3.13. The molecule has 1 spiro atoms. The minimum atomic E-state index is 0.169. The second kappa shape index (κ2) is 3.29. The van der Waals surface area contributed by atoms with E-state index in [1.54, 1.807) is 0 Å². The predicted octanol–water partition coefficient (Wildman–Crippen LogP) is 0.784. The van der Waals surface area contributed by atoms with Gasteiger partial charge in [0.2, 0.25) is 5.91 Å². The zero-order valence-corrected chi connectivity index (χ0v) is 8.01. The van der Waals surface area contributed by atoms with E-state index >= 15 is 0 Å². The van der Waals surface area contributed by atoms with E-state index in [2.05, 4.69) is 5.32 Å². The number of amides is 1. The van der Waals surface area contributed by atoms with Gasteiger partial charge in [-0.05, 0) is 44.6 Å². The standard InChI is InChI=1S/C10H18N2O/c11-7-8-1-4-10(5-2-8)6-3-9(13)12-10/h8H,1-7,11H2,(H,12,13). The molecule has 0 aromatic rings. The van der Waals surface area contributed by atoms with Gasteiger partial charge in [0.1, 0.15) is 0 Å². The lowest BCUT2D eigenvalue weighted by molar-refractivity contribution is -0.120. The molecule has 3 nitrogen and oxygen atoms in total. The first-order chi connectivity index (χ1) is 6.24. The summed E-state index contributed by atoms with van der Waals surface area (Å²) in [5.74, 6) is 0.939. The van der Waals surface area contributed by atoms with E-state index in [-0.39, 0.29) is 11.4 Å². The first-order valence-corrected chi connectivity index (χ1v) is 5.25. The molecule has 0 radical (unpaired) electrons. The molecule has 2 fully saturated rings. The average Bonchev–Trinajstić information content (AvgIpc) is 2.49. The number of carbonyl (C=O) groups excluding carboxylic acids is 1. The molecular formula is C10H18N2O. The van der Waals surface area contributed by atoms with Crippen molar-refractivity contribution in [1.82, 2.24) is 5.32 Å². The van der Waals surface area contributed by atoms with E-state index in [4.69, 9.17) is 5.73 Å². The molecule has 1 heterocycles. The highest BCUT2D eigenvalue weighted by Crippen LogP contribution is 2.37. The van der Waals surface area contributed by atoms with Crippen molar-refractivity contribution in [3.8, 4) is 0 Å². The topological polar surface area (TPSA) is 55.1 Å². The third-order valence-corrected chi connectivity index (χ3v) is 3.63. The monoisotopic (exact) mass is 182 g/mol. The molecule has 1 aliphatic heterocycles. The molecule has 0 aromatic carbocycles. The second-order valence-electron chi connectivity index (χ2n) is 4.51. The van der Waals surface area contributed by atoms with Crippen LogP contribution in [0.4, 0.5) is 0 Å². The molecule has 3 N–H and O–H groups in total. The van der Waals surface area contributed by atoms with Crippen LogP contribution < -0.4 is 11.1 Å². The van der Waals surface area contributed by atoms with Crippen LogP contribution in [0.25, 0.3) is 0 Å². The Morgan fingerprint density at radius 3 is 2.54 bits per heavy atom. The molecule has 2 aliphatic rings. The van der Waals surface area contributed by atoms with Crippen molar-refractivity contribution in [2.45, 2.75) is 44.1 Å². The van der Waals surface area contributed by atoms with Crippen LogP contribution in [0, 0.1) is 5.92 Å². The van der Waals surface area contributed by atoms with Gasteiger partial charge in [-0.3, -0.25) is 4.79 Å². The molecule has 1 saturated carbocycles. The number of nitrogens with one attached hydrogen (secondary N) is 1. The van der Waals surface area contributed by atoms with Gasteiger partial charge >= 0.3 is 0 Å². The first-order valence-electron chi connectivity index (χ1n) is 5.25. The molecule has 0 bridgehead atoms. The van der Waals surface area contributed by atoms with Gasteiger partial charge in [0.15, 0.2) is 0 Å². The SMILES string of the molecule is NCC1CCC2(CCC(=O)N2)CC1. The van der Waals surface area contributed by atoms with E-state index < -0.39 is 0 Å². The zero-order valence-electron chi connectivity index (χ0n) is 8.01. The predicted molar refractivity (Wildman–Crippen MR) is 51.1 cm³/mol. The molecule has 0 aromatic heterocycles. The maximum absolute atomic E-state index is 11.1. The van der Waals surface area contributed by atoms with Gasteiger partial charge in [-0.1, -0.05) is 0 Å². The van der Waals surface area contributed by atoms with E-state index in [0.717, 1.165) is 32.2 Å². The molecule has 2 rings (SSSR count). The van der Waals surface area contributed by atoms with Gasteiger partial charge in [-0.25, -0.2) is 0 Å². The fourth-order valence-corrected chi connectivity index (χ4v) is 2.61. The molecule has 74 valence electrons. The summed E-state index contributed by atoms with van der Waals surface area (Å²) in [6.45, 7) is 0.810. The summed E-state index contributed by atoms with van der Waals surface area (Å²) < 4.78 is 0. The quantitative estimate of drug-likeness (QED) is 0.629. The lowest BCUT2D eigenvalue weighted by Gasteiger charge is -2.36. The van der Waals surface area contributed by atoms with Crippen molar-refractivity contribution in [1.29, 1.82) is 0 Å². The fraction of sp³-hybridized carbons (Fsp3) is 0.900. The molecule has 0 atom stereocenters. The minimum absolute atomic E-state index is 0.169. The lowest BCUT2D eigenvalue weighted by atomic mass is 9.76. The zero-order chi connectivity index (χ0) is 9.31. The van der Waals surface area contributed by atoms with Gasteiger partial charge in [0.25, 0.3) is 0 Å². The van der Waals surface area contributed by atoms with Gasteiger partial charge in [0.05, 0.1) is 0 Å². The Bertz CT molecular complexity index is 207. The summed E-state index contributed by atoms with van der Waals surface area (Å²) in [7, 11) is 0. The Balaban J connectivity index is 1.93. The summed E-state index contributed by atoms with van der Waals surface area (Å²) in [6.07, 6.45) is 6.44. The Hall–Kier alpha value is -0.570. The molecule has 3 heteroatoms. The normalized spacial score (nSPS) is 39.5. The van der Waals surface area contributed by atoms with Crippen LogP contribution in [0.1, 0.15) is 38.5 Å². The Labute approximate surface area is 79.1 Å². The van der Waals surface area contributed by atoms with Crippen LogP contribution in [0.2, 0.25) is 0 Å². The highest BCUT2D eigenvalue weighted by atomic mass is 16.2. The third-order valence-electron chi connectivity index (χ3n) is 3.63. The van der Waals surface area contributed by atoms with E-state index in [0.29, 0.717) is 5.92 Å². The number of carbonyl (C=O) groups is 1. The minimum Gasteiger partial charge on any atom is -0.351 e. The lowest BCUT2D eigenvalue weighted by Crippen LogP contribution is -2.45. The van der Waals surface area contributed by atoms with Crippen LogP contribution in [0.15, 0.2) is 0 Å². The maximum atomic E-state index is 11.1. The van der Waals surface area contributed by atoms with Crippen LogP contribution in [-0.4, -0.2) is 18.0 Å². The van der Waals surface area contributed by atoms with Crippen molar-refractivity contribution >= 4 is 5.91 Å². The number of hydrogen-bond donors (Lipinski definition) is 2. The largest absolute Gasteiger partial charge is 0.351 e. The van der Waals surface area contributed by atoms with E-state index in [1.165, 1.54) is 12.8 Å². The Morgan fingerprint density at radius 1 is 1.38 bits per heavy atom. The number of nitrogens with two attached hydrogens (primary N) is 1. The summed E-state index contributed by atoms with van der Waals surface area (Å²) in [6, 6.07) is 0. The van der Waals surface area contributed by atoms with Crippen molar-refractivity contribution in [2.75, 3.05) is 6.54 Å². The van der Waals surface area contributed by atoms with Crippen molar-refractivity contribution < 1.29 is 4.79 Å². The van der Waals surface area contributed by atoms with Crippen LogP contribution >= 0.6 is 0 Å². The summed E-state index contributed by atoms with van der Waals surface area (Å²) >= 11 is 0.